The van der Waals surface area contributed by atoms with Crippen LogP contribution in [0.1, 0.15) is 43.2 Å². The van der Waals surface area contributed by atoms with E-state index in [0.717, 1.165) is 18.4 Å². The molecule has 0 aliphatic heterocycles. The summed E-state index contributed by atoms with van der Waals surface area (Å²) in [4.78, 5) is 11.3. The van der Waals surface area contributed by atoms with Crippen LogP contribution >= 0.6 is 0 Å². The molecule has 4 heteroatoms. The Kier molecular flexibility index (Phi) is 3.93. The van der Waals surface area contributed by atoms with Crippen LogP contribution in [0.25, 0.3) is 5.69 Å². The average molecular weight is 272 g/mol. The van der Waals surface area contributed by atoms with E-state index >= 15 is 0 Å². The predicted octanol–water partition coefficient (Wildman–Crippen LogP) is 3.56. The first kappa shape index (κ1) is 14.3. The molecule has 4 nitrogen and oxygen atoms in total. The molecule has 0 unspecified atom stereocenters. The minimum Gasteiger partial charge on any atom is -0.471 e. The maximum atomic E-state index is 11.3. The van der Waals surface area contributed by atoms with E-state index in [4.69, 9.17) is 4.74 Å². The molecule has 1 aromatic carbocycles. The van der Waals surface area contributed by atoms with E-state index in [1.165, 1.54) is 0 Å². The number of nitrogens with zero attached hydrogens (tertiary/aromatic N) is 2. The average Bonchev–Trinajstić information content (AvgIpc) is 2.75. The van der Waals surface area contributed by atoms with Crippen LogP contribution in [-0.2, 0) is 0 Å². The summed E-state index contributed by atoms with van der Waals surface area (Å²) in [5.74, 6) is 0.510. The van der Waals surface area contributed by atoms with E-state index in [2.05, 4.69) is 12.0 Å². The predicted molar refractivity (Wildman–Crippen MR) is 78.7 cm³/mol. The molecule has 20 heavy (non-hydrogen) atoms. The number of carbonyl (C=O) groups excluding carboxylic acids is 1. The van der Waals surface area contributed by atoms with Crippen LogP contribution in [0.15, 0.2) is 30.3 Å². The van der Waals surface area contributed by atoms with Crippen molar-refractivity contribution in [3.8, 4) is 11.6 Å². The molecule has 0 radical (unpaired) electrons. The zero-order valence-corrected chi connectivity index (χ0v) is 12.4. The number of aryl methyl sites for hydroxylation is 1. The van der Waals surface area contributed by atoms with Gasteiger partial charge in [-0.25, -0.2) is 4.68 Å². The third-order valence-electron chi connectivity index (χ3n) is 3.41. The third kappa shape index (κ3) is 2.74. The van der Waals surface area contributed by atoms with E-state index in [1.54, 1.807) is 4.68 Å². The zero-order chi connectivity index (χ0) is 14.8. The van der Waals surface area contributed by atoms with Crippen molar-refractivity contribution in [2.75, 3.05) is 0 Å². The summed E-state index contributed by atoms with van der Waals surface area (Å²) in [6.45, 7) is 7.87. The first-order chi connectivity index (χ1) is 9.48. The van der Waals surface area contributed by atoms with Gasteiger partial charge in [-0.05, 0) is 39.3 Å². The Balaban J connectivity index is 2.55. The van der Waals surface area contributed by atoms with Gasteiger partial charge in [0.15, 0.2) is 6.29 Å². The van der Waals surface area contributed by atoms with Gasteiger partial charge in [0.05, 0.1) is 16.9 Å². The molecule has 1 aromatic heterocycles. The molecule has 106 valence electrons. The lowest BCUT2D eigenvalue weighted by Crippen LogP contribution is -2.28. The van der Waals surface area contributed by atoms with Gasteiger partial charge >= 0.3 is 0 Å². The van der Waals surface area contributed by atoms with Gasteiger partial charge in [0.1, 0.15) is 5.60 Å². The van der Waals surface area contributed by atoms with Gasteiger partial charge in [0.25, 0.3) is 0 Å². The largest absolute Gasteiger partial charge is 0.471 e. The number of ether oxygens (including phenoxy) is 1. The molecule has 0 N–H and O–H groups in total. The Bertz CT molecular complexity index is 600. The lowest BCUT2D eigenvalue weighted by molar-refractivity contribution is 0.0923. The molecule has 1 heterocycles. The van der Waals surface area contributed by atoms with Gasteiger partial charge in [-0.3, -0.25) is 4.79 Å². The molecule has 0 saturated heterocycles. The Morgan fingerprint density at radius 3 is 2.50 bits per heavy atom. The molecule has 0 spiro atoms. The summed E-state index contributed by atoms with van der Waals surface area (Å²) in [5.41, 5.74) is 1.71. The van der Waals surface area contributed by atoms with Crippen LogP contribution in [0.2, 0.25) is 0 Å². The maximum absolute atomic E-state index is 11.3. The Hall–Kier alpha value is -2.10. The van der Waals surface area contributed by atoms with Crippen molar-refractivity contribution in [2.24, 2.45) is 0 Å². The quantitative estimate of drug-likeness (QED) is 0.782. The Labute approximate surface area is 119 Å². The number of rotatable bonds is 5. The van der Waals surface area contributed by atoms with Gasteiger partial charge < -0.3 is 4.74 Å². The number of hydrogen-bond donors (Lipinski definition) is 0. The number of benzene rings is 1. The highest BCUT2D eigenvalue weighted by Gasteiger charge is 2.24. The van der Waals surface area contributed by atoms with Crippen molar-refractivity contribution in [3.63, 3.8) is 0 Å². The van der Waals surface area contributed by atoms with Crippen molar-refractivity contribution in [3.05, 3.63) is 41.6 Å². The van der Waals surface area contributed by atoms with Gasteiger partial charge in [0, 0.05) is 0 Å². The molecule has 0 amide bonds. The van der Waals surface area contributed by atoms with Crippen LogP contribution in [0.5, 0.6) is 5.88 Å². The van der Waals surface area contributed by atoms with Crippen molar-refractivity contribution >= 4 is 6.29 Å². The van der Waals surface area contributed by atoms with Gasteiger partial charge in [-0.2, -0.15) is 5.10 Å². The Morgan fingerprint density at radius 2 is 1.95 bits per heavy atom. The second-order valence-electron chi connectivity index (χ2n) is 5.38. The van der Waals surface area contributed by atoms with Crippen LogP contribution in [0.4, 0.5) is 0 Å². The fraction of sp³-hybridized carbons (Fsp3) is 0.375. The van der Waals surface area contributed by atoms with Crippen molar-refractivity contribution in [2.45, 2.75) is 39.7 Å². The first-order valence-corrected chi connectivity index (χ1v) is 6.77. The molecular formula is C16H20N2O2. The van der Waals surface area contributed by atoms with Crippen molar-refractivity contribution in [1.82, 2.24) is 9.78 Å². The summed E-state index contributed by atoms with van der Waals surface area (Å²) < 4.78 is 7.74. The minimum absolute atomic E-state index is 0.350. The smallest absolute Gasteiger partial charge is 0.228 e. The van der Waals surface area contributed by atoms with Crippen LogP contribution in [-0.4, -0.2) is 21.7 Å². The fourth-order valence-electron chi connectivity index (χ4n) is 1.83. The monoisotopic (exact) mass is 272 g/mol. The number of hydrogen-bond acceptors (Lipinski definition) is 3. The minimum atomic E-state index is -0.350. The topological polar surface area (TPSA) is 44.1 Å². The summed E-state index contributed by atoms with van der Waals surface area (Å²) in [6.07, 6.45) is 1.65. The molecule has 0 bridgehead atoms. The second kappa shape index (κ2) is 5.49. The molecule has 0 atom stereocenters. The molecule has 2 aromatic rings. The van der Waals surface area contributed by atoms with Crippen LogP contribution < -0.4 is 4.74 Å². The van der Waals surface area contributed by atoms with E-state index in [9.17, 15) is 4.79 Å². The van der Waals surface area contributed by atoms with Crippen molar-refractivity contribution in [1.29, 1.82) is 0 Å². The number of para-hydroxylation sites is 1. The highest BCUT2D eigenvalue weighted by molar-refractivity contribution is 5.80. The summed E-state index contributed by atoms with van der Waals surface area (Å²) >= 11 is 0. The second-order valence-corrected chi connectivity index (χ2v) is 5.38. The SMILES string of the molecule is CCC(C)(C)Oc1c(C=O)c(C)nn1-c1ccccc1. The Morgan fingerprint density at radius 1 is 1.30 bits per heavy atom. The standard InChI is InChI=1S/C16H20N2O2/c1-5-16(3,4)20-15-14(11-19)12(2)17-18(15)13-9-7-6-8-10-13/h6-11H,5H2,1-4H3. The molecular weight excluding hydrogens is 252 g/mol. The normalized spacial score (nSPS) is 11.4. The molecule has 0 aliphatic rings. The maximum Gasteiger partial charge on any atom is 0.228 e. The number of aromatic nitrogens is 2. The third-order valence-corrected chi connectivity index (χ3v) is 3.41. The van der Waals surface area contributed by atoms with Gasteiger partial charge in [-0.15, -0.1) is 0 Å². The van der Waals surface area contributed by atoms with Gasteiger partial charge in [-0.1, -0.05) is 25.1 Å². The summed E-state index contributed by atoms with van der Waals surface area (Å²) in [6, 6.07) is 9.68. The molecule has 0 fully saturated rings. The summed E-state index contributed by atoms with van der Waals surface area (Å²) in [7, 11) is 0. The highest BCUT2D eigenvalue weighted by Crippen LogP contribution is 2.29. The van der Waals surface area contributed by atoms with E-state index in [1.807, 2.05) is 51.1 Å². The van der Waals surface area contributed by atoms with Crippen LogP contribution in [0.3, 0.4) is 0 Å². The lowest BCUT2D eigenvalue weighted by atomic mass is 10.1. The molecule has 2 rings (SSSR count). The molecule has 0 saturated carbocycles. The van der Waals surface area contributed by atoms with E-state index in [-0.39, 0.29) is 5.60 Å². The lowest BCUT2D eigenvalue weighted by Gasteiger charge is -2.25. The number of aldehydes is 1. The zero-order valence-electron chi connectivity index (χ0n) is 12.4. The number of carbonyl (C=O) groups is 1. The first-order valence-electron chi connectivity index (χ1n) is 6.77. The van der Waals surface area contributed by atoms with E-state index < -0.39 is 0 Å². The van der Waals surface area contributed by atoms with E-state index in [0.29, 0.717) is 17.1 Å². The van der Waals surface area contributed by atoms with Gasteiger partial charge in [0.2, 0.25) is 5.88 Å². The highest BCUT2D eigenvalue weighted by atomic mass is 16.5. The summed E-state index contributed by atoms with van der Waals surface area (Å²) in [5, 5.41) is 4.43. The molecule has 0 aliphatic carbocycles. The van der Waals surface area contributed by atoms with Crippen LogP contribution in [0, 0.1) is 6.92 Å². The fourth-order valence-corrected chi connectivity index (χ4v) is 1.83. The van der Waals surface area contributed by atoms with Crippen molar-refractivity contribution < 1.29 is 9.53 Å².